The number of aromatic nitrogens is 1. The van der Waals surface area contributed by atoms with Crippen molar-refractivity contribution in [1.29, 1.82) is 0 Å². The summed E-state index contributed by atoms with van der Waals surface area (Å²) < 4.78 is 49.1. The minimum atomic E-state index is -4.52. The predicted octanol–water partition coefficient (Wildman–Crippen LogP) is 1.62. The van der Waals surface area contributed by atoms with Gasteiger partial charge < -0.3 is 19.3 Å². The van der Waals surface area contributed by atoms with Crippen LogP contribution in [0.2, 0.25) is 0 Å². The number of likely N-dealkylation sites (tertiary alicyclic amines) is 1. The van der Waals surface area contributed by atoms with E-state index in [4.69, 9.17) is 9.47 Å². The molecule has 23 heavy (non-hydrogen) atoms. The Morgan fingerprint density at radius 2 is 1.96 bits per heavy atom. The molecule has 2 aliphatic rings. The lowest BCUT2D eigenvalue weighted by Gasteiger charge is -2.42. The first kappa shape index (κ1) is 15.9. The van der Waals surface area contributed by atoms with E-state index < -0.39 is 23.7 Å². The molecule has 0 spiro atoms. The lowest BCUT2D eigenvalue weighted by atomic mass is 10.1. The van der Waals surface area contributed by atoms with Crippen LogP contribution in [0.4, 0.5) is 18.0 Å². The summed E-state index contributed by atoms with van der Waals surface area (Å²) in [6, 6.07) is 2.01. The van der Waals surface area contributed by atoms with Gasteiger partial charge in [0.1, 0.15) is 11.7 Å². The molecule has 0 aliphatic carbocycles. The number of rotatable bonds is 2. The Kier molecular flexibility index (Phi) is 4.29. The highest BCUT2D eigenvalue weighted by molar-refractivity contribution is 5.75. The smallest absolute Gasteiger partial charge is 0.421 e. The van der Waals surface area contributed by atoms with E-state index in [1.165, 1.54) is 12.3 Å². The number of urea groups is 1. The first-order chi connectivity index (χ1) is 10.9. The summed E-state index contributed by atoms with van der Waals surface area (Å²) in [5, 5.41) is 0. The van der Waals surface area contributed by atoms with Crippen LogP contribution in [0.25, 0.3) is 0 Å². The molecule has 2 saturated heterocycles. The average molecular weight is 331 g/mol. The summed E-state index contributed by atoms with van der Waals surface area (Å²) in [5.74, 6) is -0.441. The van der Waals surface area contributed by atoms with Gasteiger partial charge in [-0.15, -0.1) is 0 Å². The fourth-order valence-corrected chi connectivity index (χ4v) is 2.48. The Labute approximate surface area is 130 Å². The summed E-state index contributed by atoms with van der Waals surface area (Å²) in [7, 11) is 0. The largest absolute Gasteiger partial charge is 0.470 e. The van der Waals surface area contributed by atoms with Crippen LogP contribution in [-0.2, 0) is 10.9 Å². The third-order valence-electron chi connectivity index (χ3n) is 3.76. The van der Waals surface area contributed by atoms with E-state index in [0.29, 0.717) is 26.3 Å². The fraction of sp³-hybridized carbons (Fsp3) is 0.571. The Hall–Kier alpha value is -2.03. The number of halogens is 3. The van der Waals surface area contributed by atoms with E-state index in [1.807, 2.05) is 0 Å². The number of hydrogen-bond acceptors (Lipinski definition) is 4. The third-order valence-corrected chi connectivity index (χ3v) is 3.76. The molecule has 0 bridgehead atoms. The summed E-state index contributed by atoms with van der Waals surface area (Å²) in [5.41, 5.74) is -0.905. The van der Waals surface area contributed by atoms with Crippen molar-refractivity contribution in [2.24, 2.45) is 0 Å². The fourth-order valence-electron chi connectivity index (χ4n) is 2.48. The summed E-state index contributed by atoms with van der Waals surface area (Å²) in [6.07, 6.45) is -3.74. The number of morpholine rings is 1. The second-order valence-electron chi connectivity index (χ2n) is 5.38. The molecule has 0 aromatic carbocycles. The van der Waals surface area contributed by atoms with Gasteiger partial charge in [-0.1, -0.05) is 0 Å². The molecule has 0 saturated carbocycles. The molecule has 1 aromatic rings. The number of carbonyl (C=O) groups is 1. The molecule has 3 heterocycles. The number of alkyl halides is 3. The van der Waals surface area contributed by atoms with Crippen molar-refractivity contribution >= 4 is 6.03 Å². The maximum Gasteiger partial charge on any atom is 0.421 e. The number of carbonyl (C=O) groups excluding carboxylic acids is 1. The van der Waals surface area contributed by atoms with Gasteiger partial charge in [-0.25, -0.2) is 9.78 Å². The minimum Gasteiger partial charge on any atom is -0.470 e. The first-order valence-electron chi connectivity index (χ1n) is 7.25. The molecular formula is C14H16F3N3O3. The highest BCUT2D eigenvalue weighted by Gasteiger charge is 2.39. The van der Waals surface area contributed by atoms with E-state index in [1.54, 1.807) is 9.80 Å². The van der Waals surface area contributed by atoms with E-state index in [-0.39, 0.29) is 19.1 Å². The van der Waals surface area contributed by atoms with Crippen LogP contribution in [-0.4, -0.2) is 66.3 Å². The van der Waals surface area contributed by atoms with E-state index in [9.17, 15) is 18.0 Å². The quantitative estimate of drug-likeness (QED) is 0.826. The molecule has 1 aromatic heterocycles. The number of pyridine rings is 1. The van der Waals surface area contributed by atoms with Crippen LogP contribution in [0.5, 0.6) is 5.88 Å². The van der Waals surface area contributed by atoms with Crippen LogP contribution in [0, 0.1) is 0 Å². The van der Waals surface area contributed by atoms with Crippen LogP contribution in [0.1, 0.15) is 5.56 Å². The monoisotopic (exact) mass is 331 g/mol. The van der Waals surface area contributed by atoms with Crippen LogP contribution >= 0.6 is 0 Å². The van der Waals surface area contributed by atoms with Gasteiger partial charge in [0.25, 0.3) is 0 Å². The Morgan fingerprint density at radius 3 is 2.61 bits per heavy atom. The maximum absolute atomic E-state index is 12.9. The normalized spacial score (nSPS) is 19.4. The van der Waals surface area contributed by atoms with E-state index in [0.717, 1.165) is 6.07 Å². The molecule has 2 fully saturated rings. The van der Waals surface area contributed by atoms with Crippen molar-refractivity contribution in [1.82, 2.24) is 14.8 Å². The molecule has 126 valence electrons. The molecule has 0 unspecified atom stereocenters. The Bertz CT molecular complexity index is 570. The average Bonchev–Trinajstić information content (AvgIpc) is 2.50. The van der Waals surface area contributed by atoms with Crippen molar-refractivity contribution in [3.05, 3.63) is 23.9 Å². The standard InChI is InChI=1S/C14H16F3N3O3/c15-14(16,17)11-2-1-3-18-12(11)23-10-8-20(9-10)13(21)19-4-6-22-7-5-19/h1-3,10H,4-9H2. The van der Waals surface area contributed by atoms with Gasteiger partial charge in [0.15, 0.2) is 0 Å². The lowest BCUT2D eigenvalue weighted by molar-refractivity contribution is -0.140. The third kappa shape index (κ3) is 3.49. The van der Waals surface area contributed by atoms with Gasteiger partial charge in [0.05, 0.1) is 26.3 Å². The second-order valence-corrected chi connectivity index (χ2v) is 5.38. The van der Waals surface area contributed by atoms with Crippen LogP contribution in [0.3, 0.4) is 0 Å². The molecule has 0 N–H and O–H groups in total. The topological polar surface area (TPSA) is 54.9 Å². The molecule has 0 radical (unpaired) electrons. The molecule has 9 heteroatoms. The van der Waals surface area contributed by atoms with Gasteiger partial charge in [-0.05, 0) is 12.1 Å². The predicted molar refractivity (Wildman–Crippen MR) is 73.0 cm³/mol. The number of ether oxygens (including phenoxy) is 2. The van der Waals surface area contributed by atoms with Crippen LogP contribution < -0.4 is 4.74 Å². The highest BCUT2D eigenvalue weighted by Crippen LogP contribution is 2.35. The van der Waals surface area contributed by atoms with Crippen molar-refractivity contribution in [3.63, 3.8) is 0 Å². The summed E-state index contributed by atoms with van der Waals surface area (Å²) in [6.45, 7) is 2.57. The Balaban J connectivity index is 1.55. The SMILES string of the molecule is O=C(N1CCOCC1)N1CC(Oc2ncccc2C(F)(F)F)C1. The number of nitrogens with zero attached hydrogens (tertiary/aromatic N) is 3. The van der Waals surface area contributed by atoms with Crippen molar-refractivity contribution in [2.75, 3.05) is 39.4 Å². The van der Waals surface area contributed by atoms with Crippen LogP contribution in [0.15, 0.2) is 18.3 Å². The van der Waals surface area contributed by atoms with Gasteiger partial charge in [0, 0.05) is 19.3 Å². The zero-order chi connectivity index (χ0) is 16.4. The molecule has 2 amide bonds. The summed E-state index contributed by atoms with van der Waals surface area (Å²) in [4.78, 5) is 19.0. The van der Waals surface area contributed by atoms with Gasteiger partial charge in [-0.2, -0.15) is 13.2 Å². The van der Waals surface area contributed by atoms with E-state index >= 15 is 0 Å². The molecular weight excluding hydrogens is 315 g/mol. The van der Waals surface area contributed by atoms with Crippen molar-refractivity contribution < 1.29 is 27.4 Å². The maximum atomic E-state index is 12.9. The molecule has 0 atom stereocenters. The lowest BCUT2D eigenvalue weighted by Crippen LogP contribution is -2.60. The van der Waals surface area contributed by atoms with E-state index in [2.05, 4.69) is 4.98 Å². The first-order valence-corrected chi connectivity index (χ1v) is 7.25. The van der Waals surface area contributed by atoms with Gasteiger partial charge in [0.2, 0.25) is 5.88 Å². The number of hydrogen-bond donors (Lipinski definition) is 0. The summed E-state index contributed by atoms with van der Waals surface area (Å²) >= 11 is 0. The molecule has 6 nitrogen and oxygen atoms in total. The Morgan fingerprint density at radius 1 is 1.26 bits per heavy atom. The number of amides is 2. The molecule has 2 aliphatic heterocycles. The molecule has 3 rings (SSSR count). The zero-order valence-corrected chi connectivity index (χ0v) is 12.3. The van der Waals surface area contributed by atoms with Crippen molar-refractivity contribution in [3.8, 4) is 5.88 Å². The minimum absolute atomic E-state index is 0.134. The second kappa shape index (κ2) is 6.23. The van der Waals surface area contributed by atoms with Gasteiger partial charge >= 0.3 is 12.2 Å². The van der Waals surface area contributed by atoms with Gasteiger partial charge in [-0.3, -0.25) is 0 Å². The zero-order valence-electron chi connectivity index (χ0n) is 12.3. The highest BCUT2D eigenvalue weighted by atomic mass is 19.4. The van der Waals surface area contributed by atoms with Crippen molar-refractivity contribution in [2.45, 2.75) is 12.3 Å².